The van der Waals surface area contributed by atoms with Gasteiger partial charge in [-0.1, -0.05) is 18.2 Å². The van der Waals surface area contributed by atoms with Crippen molar-refractivity contribution < 1.29 is 14.4 Å². The van der Waals surface area contributed by atoms with Crippen molar-refractivity contribution in [2.24, 2.45) is 11.7 Å². The van der Waals surface area contributed by atoms with Crippen LogP contribution >= 0.6 is 0 Å². The van der Waals surface area contributed by atoms with Gasteiger partial charge in [0.15, 0.2) is 0 Å². The number of nitrogens with two attached hydrogens (primary N) is 1. The van der Waals surface area contributed by atoms with Crippen molar-refractivity contribution in [1.82, 2.24) is 10.2 Å². The normalized spacial score (nSPS) is 21.8. The minimum atomic E-state index is -0.296. The number of benzene rings is 1. The number of piperidine rings is 1. The second-order valence-electron chi connectivity index (χ2n) is 6.35. The summed E-state index contributed by atoms with van der Waals surface area (Å²) in [6, 6.07) is 9.08. The zero-order chi connectivity index (χ0) is 17.1. The molecule has 1 aromatic carbocycles. The Bertz CT molecular complexity index is 626. The molecule has 7 heteroatoms. The smallest absolute Gasteiger partial charge is 0.317 e. The van der Waals surface area contributed by atoms with Crippen LogP contribution in [0.2, 0.25) is 0 Å². The van der Waals surface area contributed by atoms with Gasteiger partial charge in [0.25, 0.3) is 0 Å². The van der Waals surface area contributed by atoms with Crippen molar-refractivity contribution in [2.45, 2.75) is 25.3 Å². The average molecular weight is 330 g/mol. The lowest BCUT2D eigenvalue weighted by Crippen LogP contribution is -2.49. The summed E-state index contributed by atoms with van der Waals surface area (Å²) >= 11 is 0. The third kappa shape index (κ3) is 3.50. The van der Waals surface area contributed by atoms with Crippen LogP contribution in [0.3, 0.4) is 0 Å². The lowest BCUT2D eigenvalue weighted by molar-refractivity contribution is -0.123. The summed E-state index contributed by atoms with van der Waals surface area (Å²) in [5, 5.41) is 2.93. The molecule has 1 aromatic rings. The molecule has 0 spiro atoms. The van der Waals surface area contributed by atoms with Crippen LogP contribution in [0.25, 0.3) is 0 Å². The highest BCUT2D eigenvalue weighted by Crippen LogP contribution is 2.22. The van der Waals surface area contributed by atoms with Crippen LogP contribution in [0.15, 0.2) is 30.3 Å². The van der Waals surface area contributed by atoms with E-state index in [1.165, 1.54) is 0 Å². The lowest BCUT2D eigenvalue weighted by Gasteiger charge is -2.31. The maximum Gasteiger partial charge on any atom is 0.317 e. The van der Waals surface area contributed by atoms with Gasteiger partial charge in [0.05, 0.1) is 6.04 Å². The van der Waals surface area contributed by atoms with Crippen LogP contribution in [0, 0.1) is 5.92 Å². The molecule has 0 saturated carbocycles. The molecule has 2 heterocycles. The number of primary amides is 1. The van der Waals surface area contributed by atoms with E-state index in [1.807, 2.05) is 30.3 Å². The number of likely N-dealkylation sites (tertiary alicyclic amines) is 1. The lowest BCUT2D eigenvalue weighted by atomic mass is 9.96. The first kappa shape index (κ1) is 16.3. The van der Waals surface area contributed by atoms with E-state index in [0.29, 0.717) is 38.9 Å². The monoisotopic (exact) mass is 330 g/mol. The highest BCUT2D eigenvalue weighted by atomic mass is 16.2. The Morgan fingerprint density at radius 3 is 2.42 bits per heavy atom. The molecule has 0 aromatic heterocycles. The SMILES string of the molecule is NC(=O)C1CCN(C(=O)N[C@H]2CC(=O)N(c3ccccc3)C2)CC1. The molecule has 0 bridgehead atoms. The van der Waals surface area contributed by atoms with Crippen LogP contribution in [0.4, 0.5) is 10.5 Å². The minimum absolute atomic E-state index is 0.0129. The predicted octanol–water partition coefficient (Wildman–Crippen LogP) is 0.699. The summed E-state index contributed by atoms with van der Waals surface area (Å²) in [6.45, 7) is 1.51. The van der Waals surface area contributed by atoms with Crippen LogP contribution in [-0.2, 0) is 9.59 Å². The first-order valence-corrected chi connectivity index (χ1v) is 8.25. The van der Waals surface area contributed by atoms with Crippen LogP contribution in [0.5, 0.6) is 0 Å². The van der Waals surface area contributed by atoms with Gasteiger partial charge < -0.3 is 20.9 Å². The number of hydrogen-bond donors (Lipinski definition) is 2. The molecule has 2 aliphatic heterocycles. The Morgan fingerprint density at radius 2 is 1.79 bits per heavy atom. The van der Waals surface area contributed by atoms with Crippen molar-refractivity contribution in [1.29, 1.82) is 0 Å². The average Bonchev–Trinajstić information content (AvgIpc) is 2.96. The van der Waals surface area contributed by atoms with Gasteiger partial charge in [-0.2, -0.15) is 0 Å². The van der Waals surface area contributed by atoms with E-state index < -0.39 is 0 Å². The Hall–Kier alpha value is -2.57. The maximum atomic E-state index is 12.3. The number of rotatable bonds is 3. The molecule has 3 N–H and O–H groups in total. The van der Waals surface area contributed by atoms with Gasteiger partial charge in [-0.3, -0.25) is 9.59 Å². The van der Waals surface area contributed by atoms with Crippen molar-refractivity contribution in [3.63, 3.8) is 0 Å². The number of para-hydroxylation sites is 1. The second kappa shape index (κ2) is 6.90. The molecule has 0 radical (unpaired) electrons. The Labute approximate surface area is 140 Å². The quantitative estimate of drug-likeness (QED) is 0.854. The number of carbonyl (C=O) groups is 3. The number of carbonyl (C=O) groups excluding carboxylic acids is 3. The van der Waals surface area contributed by atoms with Gasteiger partial charge in [-0.15, -0.1) is 0 Å². The summed E-state index contributed by atoms with van der Waals surface area (Å²) in [5.74, 6) is -0.426. The van der Waals surface area contributed by atoms with Crippen molar-refractivity contribution >= 4 is 23.5 Å². The standard InChI is InChI=1S/C17H22N4O3/c18-16(23)12-6-8-20(9-7-12)17(24)19-13-10-15(22)21(11-13)14-4-2-1-3-5-14/h1-5,12-13H,6-11H2,(H2,18,23)(H,19,24)/t13-/m0/s1. The Kier molecular flexibility index (Phi) is 4.69. The summed E-state index contributed by atoms with van der Waals surface area (Å²) in [7, 11) is 0. The van der Waals surface area contributed by atoms with Gasteiger partial charge in [0, 0.05) is 37.7 Å². The van der Waals surface area contributed by atoms with Crippen LogP contribution in [-0.4, -0.2) is 48.4 Å². The molecule has 24 heavy (non-hydrogen) atoms. The molecular weight excluding hydrogens is 308 g/mol. The van der Waals surface area contributed by atoms with Crippen molar-refractivity contribution in [2.75, 3.05) is 24.5 Å². The summed E-state index contributed by atoms with van der Waals surface area (Å²) < 4.78 is 0. The van der Waals surface area contributed by atoms with Crippen molar-refractivity contribution in [3.05, 3.63) is 30.3 Å². The van der Waals surface area contributed by atoms with Crippen LogP contribution < -0.4 is 16.0 Å². The van der Waals surface area contributed by atoms with Crippen LogP contribution in [0.1, 0.15) is 19.3 Å². The summed E-state index contributed by atoms with van der Waals surface area (Å²) in [4.78, 5) is 39.1. The molecule has 0 aliphatic carbocycles. The zero-order valence-electron chi connectivity index (χ0n) is 13.5. The molecule has 2 aliphatic rings. The third-order valence-corrected chi connectivity index (χ3v) is 4.71. The fraction of sp³-hybridized carbons (Fsp3) is 0.471. The van der Waals surface area contributed by atoms with E-state index in [9.17, 15) is 14.4 Å². The first-order valence-electron chi connectivity index (χ1n) is 8.25. The number of nitrogens with one attached hydrogen (secondary N) is 1. The molecule has 2 fully saturated rings. The summed E-state index contributed by atoms with van der Waals surface area (Å²) in [6.07, 6.45) is 1.50. The summed E-state index contributed by atoms with van der Waals surface area (Å²) in [5.41, 5.74) is 6.15. The predicted molar refractivity (Wildman–Crippen MR) is 89.2 cm³/mol. The molecule has 1 atom stereocenters. The minimum Gasteiger partial charge on any atom is -0.369 e. The number of amides is 4. The largest absolute Gasteiger partial charge is 0.369 e. The van der Waals surface area contributed by atoms with Gasteiger partial charge >= 0.3 is 6.03 Å². The Morgan fingerprint density at radius 1 is 1.12 bits per heavy atom. The first-order chi connectivity index (χ1) is 11.5. The van der Waals surface area contributed by atoms with E-state index in [1.54, 1.807) is 9.80 Å². The van der Waals surface area contributed by atoms with Gasteiger partial charge in [0.2, 0.25) is 11.8 Å². The van der Waals surface area contributed by atoms with E-state index in [-0.39, 0.29) is 29.8 Å². The fourth-order valence-corrected chi connectivity index (χ4v) is 3.29. The van der Waals surface area contributed by atoms with Crippen molar-refractivity contribution in [3.8, 4) is 0 Å². The molecule has 7 nitrogen and oxygen atoms in total. The van der Waals surface area contributed by atoms with E-state index in [2.05, 4.69) is 5.32 Å². The third-order valence-electron chi connectivity index (χ3n) is 4.71. The zero-order valence-corrected chi connectivity index (χ0v) is 13.5. The number of urea groups is 1. The molecule has 0 unspecified atom stereocenters. The Balaban J connectivity index is 1.53. The van der Waals surface area contributed by atoms with Gasteiger partial charge in [-0.25, -0.2) is 4.79 Å². The molecule has 2 saturated heterocycles. The van der Waals surface area contributed by atoms with E-state index >= 15 is 0 Å². The molecular formula is C17H22N4O3. The molecule has 128 valence electrons. The number of nitrogens with zero attached hydrogens (tertiary/aromatic N) is 2. The van der Waals surface area contributed by atoms with E-state index in [0.717, 1.165) is 5.69 Å². The maximum absolute atomic E-state index is 12.3. The number of hydrogen-bond acceptors (Lipinski definition) is 3. The molecule has 4 amide bonds. The topological polar surface area (TPSA) is 95.7 Å². The van der Waals surface area contributed by atoms with Gasteiger partial charge in [-0.05, 0) is 25.0 Å². The molecule has 3 rings (SSSR count). The highest BCUT2D eigenvalue weighted by molar-refractivity contribution is 5.96. The number of anilines is 1. The fourth-order valence-electron chi connectivity index (χ4n) is 3.29. The van der Waals surface area contributed by atoms with Gasteiger partial charge in [0.1, 0.15) is 0 Å². The highest BCUT2D eigenvalue weighted by Gasteiger charge is 2.33. The second-order valence-corrected chi connectivity index (χ2v) is 6.35. The van der Waals surface area contributed by atoms with E-state index in [4.69, 9.17) is 5.73 Å².